The average molecular weight is 301 g/mol. The van der Waals surface area contributed by atoms with Crippen molar-refractivity contribution in [1.82, 2.24) is 5.32 Å². The summed E-state index contributed by atoms with van der Waals surface area (Å²) in [6.07, 6.45) is 4.84. The quantitative estimate of drug-likeness (QED) is 0.685. The molecule has 0 aliphatic heterocycles. The van der Waals surface area contributed by atoms with Crippen LogP contribution in [-0.4, -0.2) is 6.54 Å². The van der Waals surface area contributed by atoms with E-state index in [4.69, 9.17) is 0 Å². The van der Waals surface area contributed by atoms with Crippen LogP contribution >= 0.6 is 11.3 Å². The highest BCUT2D eigenvalue weighted by Crippen LogP contribution is 2.23. The molecule has 114 valence electrons. The topological polar surface area (TPSA) is 12.0 Å². The van der Waals surface area contributed by atoms with Gasteiger partial charge in [-0.1, -0.05) is 31.2 Å². The van der Waals surface area contributed by atoms with Crippen molar-refractivity contribution in [2.75, 3.05) is 6.54 Å². The molecule has 0 fully saturated rings. The first kappa shape index (κ1) is 16.3. The van der Waals surface area contributed by atoms with Crippen LogP contribution in [0.2, 0.25) is 0 Å². The molecule has 0 saturated heterocycles. The molecular weight excluding hydrogens is 274 g/mol. The molecule has 1 aromatic heterocycles. The number of hydrogen-bond acceptors (Lipinski definition) is 2. The lowest BCUT2D eigenvalue weighted by atomic mass is 9.97. The van der Waals surface area contributed by atoms with E-state index in [1.165, 1.54) is 47.3 Å². The van der Waals surface area contributed by atoms with Crippen LogP contribution in [0.4, 0.5) is 0 Å². The number of aryl methyl sites for hydroxylation is 3. The van der Waals surface area contributed by atoms with Gasteiger partial charge >= 0.3 is 0 Å². The van der Waals surface area contributed by atoms with E-state index >= 15 is 0 Å². The lowest BCUT2D eigenvalue weighted by Crippen LogP contribution is -2.22. The van der Waals surface area contributed by atoms with E-state index in [-0.39, 0.29) is 0 Å². The molecular formula is C19H27NS. The molecule has 1 unspecified atom stereocenters. The molecule has 2 aromatic rings. The minimum atomic E-state index is 0.490. The second-order valence-corrected chi connectivity index (χ2v) is 6.85. The molecule has 1 aromatic carbocycles. The van der Waals surface area contributed by atoms with Crippen LogP contribution in [0.15, 0.2) is 35.7 Å². The molecule has 0 spiro atoms. The molecule has 1 N–H and O–H groups in total. The van der Waals surface area contributed by atoms with Gasteiger partial charge in [0.1, 0.15) is 0 Å². The van der Waals surface area contributed by atoms with Gasteiger partial charge in [-0.3, -0.25) is 0 Å². The van der Waals surface area contributed by atoms with Crippen molar-refractivity contribution in [3.05, 3.63) is 57.3 Å². The maximum absolute atomic E-state index is 3.72. The van der Waals surface area contributed by atoms with Crippen molar-refractivity contribution < 1.29 is 0 Å². The van der Waals surface area contributed by atoms with Crippen LogP contribution in [0, 0.1) is 13.8 Å². The highest BCUT2D eigenvalue weighted by molar-refractivity contribution is 7.09. The average Bonchev–Trinajstić information content (AvgIpc) is 2.99. The second kappa shape index (κ2) is 8.35. The molecule has 0 aliphatic carbocycles. The summed E-state index contributed by atoms with van der Waals surface area (Å²) in [7, 11) is 0. The number of hydrogen-bond donors (Lipinski definition) is 1. The molecule has 1 atom stereocenters. The van der Waals surface area contributed by atoms with Gasteiger partial charge in [-0.05, 0) is 74.2 Å². The Morgan fingerprint density at radius 2 is 2.00 bits per heavy atom. The van der Waals surface area contributed by atoms with Crippen LogP contribution in [0.25, 0.3) is 0 Å². The molecule has 0 saturated carbocycles. The predicted molar refractivity (Wildman–Crippen MR) is 94.2 cm³/mol. The van der Waals surface area contributed by atoms with E-state index in [2.05, 4.69) is 61.8 Å². The van der Waals surface area contributed by atoms with Crippen molar-refractivity contribution in [3.63, 3.8) is 0 Å². The molecule has 0 radical (unpaired) electrons. The first-order valence-electron chi connectivity index (χ1n) is 8.03. The van der Waals surface area contributed by atoms with E-state index in [1.54, 1.807) is 0 Å². The summed E-state index contributed by atoms with van der Waals surface area (Å²) in [5, 5.41) is 5.89. The third kappa shape index (κ3) is 4.98. The Morgan fingerprint density at radius 1 is 1.14 bits per heavy atom. The van der Waals surface area contributed by atoms with Crippen LogP contribution in [0.1, 0.15) is 53.8 Å². The lowest BCUT2D eigenvalue weighted by Gasteiger charge is -2.20. The Hall–Kier alpha value is -1.12. The summed E-state index contributed by atoms with van der Waals surface area (Å²) in [4.78, 5) is 1.50. The Balaban J connectivity index is 1.97. The molecule has 0 amide bonds. The monoisotopic (exact) mass is 301 g/mol. The van der Waals surface area contributed by atoms with Crippen molar-refractivity contribution in [1.29, 1.82) is 0 Å². The van der Waals surface area contributed by atoms with Gasteiger partial charge in [-0.15, -0.1) is 11.3 Å². The zero-order valence-corrected chi connectivity index (χ0v) is 14.3. The normalized spacial score (nSPS) is 12.5. The third-order valence-electron chi connectivity index (χ3n) is 4.07. The first-order chi connectivity index (χ1) is 10.2. The predicted octanol–water partition coefficient (Wildman–Crippen LogP) is 5.43. The Morgan fingerprint density at radius 3 is 2.67 bits per heavy atom. The van der Waals surface area contributed by atoms with E-state index in [0.29, 0.717) is 6.04 Å². The summed E-state index contributed by atoms with van der Waals surface area (Å²) in [6, 6.07) is 11.8. The highest BCUT2D eigenvalue weighted by atomic mass is 32.1. The number of rotatable bonds is 8. The maximum Gasteiger partial charge on any atom is 0.0320 e. The fourth-order valence-corrected chi connectivity index (χ4v) is 3.37. The Bertz CT molecular complexity index is 531. The first-order valence-corrected chi connectivity index (χ1v) is 8.91. The molecule has 1 heterocycles. The summed E-state index contributed by atoms with van der Waals surface area (Å²) in [5.74, 6) is 0. The lowest BCUT2D eigenvalue weighted by molar-refractivity contribution is 0.485. The molecule has 0 bridgehead atoms. The van der Waals surface area contributed by atoms with Gasteiger partial charge < -0.3 is 5.32 Å². The third-order valence-corrected chi connectivity index (χ3v) is 5.01. The van der Waals surface area contributed by atoms with Crippen molar-refractivity contribution >= 4 is 11.3 Å². The van der Waals surface area contributed by atoms with Gasteiger partial charge in [-0.25, -0.2) is 0 Å². The Labute approximate surface area is 133 Å². The fraction of sp³-hybridized carbons (Fsp3) is 0.474. The summed E-state index contributed by atoms with van der Waals surface area (Å²) < 4.78 is 0. The SMILES string of the molecule is CCCNC(CCCc1cccs1)c1ccc(C)c(C)c1. The zero-order valence-electron chi connectivity index (χ0n) is 13.5. The minimum absolute atomic E-state index is 0.490. The Kier molecular flexibility index (Phi) is 6.47. The standard InChI is InChI=1S/C19H27NS/c1-4-12-20-19(9-5-7-18-8-6-13-21-18)17-11-10-15(2)16(3)14-17/h6,8,10-11,13-14,19-20H,4-5,7,9,12H2,1-3H3. The molecule has 21 heavy (non-hydrogen) atoms. The molecule has 1 nitrogen and oxygen atoms in total. The number of benzene rings is 1. The van der Waals surface area contributed by atoms with Crippen molar-refractivity contribution in [2.24, 2.45) is 0 Å². The molecule has 2 rings (SSSR count). The largest absolute Gasteiger partial charge is 0.310 e. The zero-order chi connectivity index (χ0) is 15.1. The highest BCUT2D eigenvalue weighted by Gasteiger charge is 2.11. The summed E-state index contributed by atoms with van der Waals surface area (Å²) in [5.41, 5.74) is 4.22. The molecule has 0 aliphatic rings. The van der Waals surface area contributed by atoms with Crippen LogP contribution in [-0.2, 0) is 6.42 Å². The molecule has 2 heteroatoms. The van der Waals surface area contributed by atoms with Gasteiger partial charge in [0.05, 0.1) is 0 Å². The smallest absolute Gasteiger partial charge is 0.0320 e. The number of thiophene rings is 1. The van der Waals surface area contributed by atoms with Crippen molar-refractivity contribution in [3.8, 4) is 0 Å². The van der Waals surface area contributed by atoms with E-state index in [9.17, 15) is 0 Å². The van der Waals surface area contributed by atoms with Gasteiger partial charge in [0.2, 0.25) is 0 Å². The maximum atomic E-state index is 3.72. The van der Waals surface area contributed by atoms with Crippen molar-refractivity contribution in [2.45, 2.75) is 52.5 Å². The van der Waals surface area contributed by atoms with Gasteiger partial charge in [-0.2, -0.15) is 0 Å². The van der Waals surface area contributed by atoms with E-state index < -0.39 is 0 Å². The van der Waals surface area contributed by atoms with Crippen LogP contribution in [0.3, 0.4) is 0 Å². The van der Waals surface area contributed by atoms with E-state index in [1.807, 2.05) is 11.3 Å². The van der Waals surface area contributed by atoms with Gasteiger partial charge in [0, 0.05) is 10.9 Å². The fourth-order valence-electron chi connectivity index (χ4n) is 2.62. The van der Waals surface area contributed by atoms with Gasteiger partial charge in [0.25, 0.3) is 0 Å². The summed E-state index contributed by atoms with van der Waals surface area (Å²) >= 11 is 1.87. The van der Waals surface area contributed by atoms with Gasteiger partial charge in [0.15, 0.2) is 0 Å². The minimum Gasteiger partial charge on any atom is -0.310 e. The summed E-state index contributed by atoms with van der Waals surface area (Å²) in [6.45, 7) is 7.72. The van der Waals surface area contributed by atoms with Crippen LogP contribution < -0.4 is 5.32 Å². The number of nitrogens with one attached hydrogen (secondary N) is 1. The van der Waals surface area contributed by atoms with E-state index in [0.717, 1.165) is 6.54 Å². The second-order valence-electron chi connectivity index (χ2n) is 5.82. The van der Waals surface area contributed by atoms with Crippen LogP contribution in [0.5, 0.6) is 0 Å².